The predicted molar refractivity (Wildman–Crippen MR) is 118 cm³/mol. The zero-order valence-electron chi connectivity index (χ0n) is 16.9. The van der Waals surface area contributed by atoms with Gasteiger partial charge in [0.25, 0.3) is 5.91 Å². The number of imide groups is 1. The van der Waals surface area contributed by atoms with Crippen LogP contribution in [0.15, 0.2) is 54.6 Å². The summed E-state index contributed by atoms with van der Waals surface area (Å²) < 4.78 is 0. The van der Waals surface area contributed by atoms with Crippen molar-refractivity contribution < 1.29 is 14.4 Å². The van der Waals surface area contributed by atoms with Gasteiger partial charge in [0.05, 0.1) is 17.5 Å². The number of nitrogens with zero attached hydrogens (tertiary/aromatic N) is 1. The maximum absolute atomic E-state index is 13.3. The number of rotatable bonds is 3. The predicted octanol–water partition coefficient (Wildman–Crippen LogP) is 4.46. The topological polar surface area (TPSA) is 66.5 Å². The van der Waals surface area contributed by atoms with Gasteiger partial charge in [-0.05, 0) is 72.9 Å². The molecule has 1 saturated heterocycles. The molecule has 0 unspecified atom stereocenters. The quantitative estimate of drug-likeness (QED) is 0.575. The van der Waals surface area contributed by atoms with Gasteiger partial charge in [-0.2, -0.15) is 0 Å². The standard InChI is InChI=1S/C25H21ClN2O3/c1-12-5-6-14(10-20(12)26)27-23(29)13-3-2-4-15(9-13)28-24(30)21-16-7-8-17(19-11-18(16)19)22(21)25(28)31/h2-10,16-19,21-22H,11H2,1H3,(H,27,29)/t16-,17+,18-,19-,21+,22-/m1/s1. The van der Waals surface area contributed by atoms with Gasteiger partial charge in [0, 0.05) is 16.3 Å². The highest BCUT2D eigenvalue weighted by molar-refractivity contribution is 6.31. The fourth-order valence-corrected chi connectivity index (χ4v) is 6.05. The third-order valence-electron chi connectivity index (χ3n) is 7.46. The molecule has 31 heavy (non-hydrogen) atoms. The van der Waals surface area contributed by atoms with Crippen LogP contribution in [0.1, 0.15) is 22.3 Å². The van der Waals surface area contributed by atoms with Crippen molar-refractivity contribution in [1.82, 2.24) is 0 Å². The number of amides is 3. The van der Waals surface area contributed by atoms with E-state index in [4.69, 9.17) is 11.6 Å². The second-order valence-electron chi connectivity index (χ2n) is 9.13. The Morgan fingerprint density at radius 2 is 1.68 bits per heavy atom. The molecule has 5 aliphatic rings. The van der Waals surface area contributed by atoms with Gasteiger partial charge in [0.1, 0.15) is 0 Å². The molecule has 2 bridgehead atoms. The van der Waals surface area contributed by atoms with E-state index in [0.717, 1.165) is 12.0 Å². The van der Waals surface area contributed by atoms with Crippen molar-refractivity contribution in [3.05, 3.63) is 70.8 Å². The molecule has 1 heterocycles. The molecular formula is C25H21ClN2O3. The molecule has 0 radical (unpaired) electrons. The van der Waals surface area contributed by atoms with E-state index in [-0.39, 0.29) is 41.4 Å². The zero-order chi connectivity index (χ0) is 21.4. The van der Waals surface area contributed by atoms with Crippen LogP contribution in [0.3, 0.4) is 0 Å². The number of benzene rings is 2. The summed E-state index contributed by atoms with van der Waals surface area (Å²) in [5.41, 5.74) is 2.36. The second-order valence-corrected chi connectivity index (χ2v) is 9.54. The Bertz CT molecular complexity index is 1150. The molecule has 2 saturated carbocycles. The van der Waals surface area contributed by atoms with E-state index < -0.39 is 0 Å². The molecule has 7 rings (SSSR count). The number of aryl methyl sites for hydroxylation is 1. The van der Waals surface area contributed by atoms with Crippen molar-refractivity contribution in [2.24, 2.45) is 35.5 Å². The number of anilines is 2. The highest BCUT2D eigenvalue weighted by Crippen LogP contribution is 2.65. The van der Waals surface area contributed by atoms with Crippen LogP contribution in [-0.4, -0.2) is 17.7 Å². The van der Waals surface area contributed by atoms with E-state index in [9.17, 15) is 14.4 Å². The van der Waals surface area contributed by atoms with Gasteiger partial charge in [-0.25, -0.2) is 4.90 Å². The minimum absolute atomic E-state index is 0.123. The molecular weight excluding hydrogens is 412 g/mol. The molecule has 6 heteroatoms. The summed E-state index contributed by atoms with van der Waals surface area (Å²) >= 11 is 6.15. The summed E-state index contributed by atoms with van der Waals surface area (Å²) in [7, 11) is 0. The molecule has 1 aliphatic heterocycles. The minimum atomic E-state index is -0.318. The third-order valence-corrected chi connectivity index (χ3v) is 7.87. The van der Waals surface area contributed by atoms with E-state index in [1.807, 2.05) is 13.0 Å². The van der Waals surface area contributed by atoms with Crippen molar-refractivity contribution in [2.45, 2.75) is 13.3 Å². The molecule has 3 fully saturated rings. The minimum Gasteiger partial charge on any atom is -0.322 e. The van der Waals surface area contributed by atoms with Gasteiger partial charge in [-0.3, -0.25) is 14.4 Å². The van der Waals surface area contributed by atoms with Crippen LogP contribution in [-0.2, 0) is 9.59 Å². The fourth-order valence-electron chi connectivity index (χ4n) is 5.87. The van der Waals surface area contributed by atoms with Crippen LogP contribution < -0.4 is 10.2 Å². The van der Waals surface area contributed by atoms with Crippen molar-refractivity contribution in [3.63, 3.8) is 0 Å². The monoisotopic (exact) mass is 432 g/mol. The molecule has 3 amide bonds. The first-order valence-electron chi connectivity index (χ1n) is 10.7. The average Bonchev–Trinajstić information content (AvgIpc) is 3.54. The number of carbonyl (C=O) groups excluding carboxylic acids is 3. The number of halogens is 1. The first-order chi connectivity index (χ1) is 14.9. The first kappa shape index (κ1) is 18.8. The lowest BCUT2D eigenvalue weighted by Gasteiger charge is -2.37. The van der Waals surface area contributed by atoms with Crippen LogP contribution in [0, 0.1) is 42.4 Å². The first-order valence-corrected chi connectivity index (χ1v) is 11.1. The van der Waals surface area contributed by atoms with Gasteiger partial charge in [-0.1, -0.05) is 35.9 Å². The summed E-state index contributed by atoms with van der Waals surface area (Å²) in [5, 5.41) is 3.40. The van der Waals surface area contributed by atoms with E-state index in [2.05, 4.69) is 17.5 Å². The Morgan fingerprint density at radius 1 is 1.00 bits per heavy atom. The molecule has 156 valence electrons. The zero-order valence-corrected chi connectivity index (χ0v) is 17.7. The summed E-state index contributed by atoms with van der Waals surface area (Å²) in [5.74, 6) is 0.416. The maximum atomic E-state index is 13.3. The van der Waals surface area contributed by atoms with Gasteiger partial charge in [0.2, 0.25) is 11.8 Å². The Kier molecular flexibility index (Phi) is 3.97. The third kappa shape index (κ3) is 2.72. The van der Waals surface area contributed by atoms with Gasteiger partial charge >= 0.3 is 0 Å². The Labute approximate surface area is 185 Å². The number of allylic oxidation sites excluding steroid dienone is 2. The highest BCUT2D eigenvalue weighted by Gasteiger charge is 2.67. The van der Waals surface area contributed by atoms with E-state index in [1.165, 1.54) is 4.90 Å². The molecule has 0 spiro atoms. The van der Waals surface area contributed by atoms with Crippen molar-refractivity contribution in [2.75, 3.05) is 10.2 Å². The smallest absolute Gasteiger partial charge is 0.255 e. The van der Waals surface area contributed by atoms with Gasteiger partial charge in [0.15, 0.2) is 0 Å². The molecule has 6 atom stereocenters. The van der Waals surface area contributed by atoms with E-state index >= 15 is 0 Å². The SMILES string of the molecule is Cc1ccc(NC(=O)c2cccc(N3C(=O)[C@@H]4[C@H]5C=C[C@H]([C@H]6C[C@H]56)[C@@H]4C3=O)c2)cc1Cl. The molecule has 4 aliphatic carbocycles. The Morgan fingerprint density at radius 3 is 2.32 bits per heavy atom. The molecule has 5 nitrogen and oxygen atoms in total. The van der Waals surface area contributed by atoms with Crippen LogP contribution in [0.2, 0.25) is 5.02 Å². The number of hydrogen-bond donors (Lipinski definition) is 1. The van der Waals surface area contributed by atoms with Crippen molar-refractivity contribution in [3.8, 4) is 0 Å². The lowest BCUT2D eigenvalue weighted by Crippen LogP contribution is -2.40. The van der Waals surface area contributed by atoms with Crippen LogP contribution >= 0.6 is 11.6 Å². The summed E-state index contributed by atoms with van der Waals surface area (Å²) in [6.07, 6.45) is 5.45. The fraction of sp³-hybridized carbons (Fsp3) is 0.320. The van der Waals surface area contributed by atoms with Crippen LogP contribution in [0.25, 0.3) is 0 Å². The normalized spacial score (nSPS) is 32.1. The second kappa shape index (κ2) is 6.54. The summed E-state index contributed by atoms with van der Waals surface area (Å²) in [4.78, 5) is 40.7. The van der Waals surface area contributed by atoms with Crippen molar-refractivity contribution in [1.29, 1.82) is 0 Å². The largest absolute Gasteiger partial charge is 0.322 e. The van der Waals surface area contributed by atoms with Crippen LogP contribution in [0.4, 0.5) is 11.4 Å². The lowest BCUT2D eigenvalue weighted by atomic mass is 9.63. The number of nitrogens with one attached hydrogen (secondary N) is 1. The molecule has 1 N–H and O–H groups in total. The van der Waals surface area contributed by atoms with E-state index in [1.54, 1.807) is 36.4 Å². The Hall–Kier alpha value is -2.92. The number of carbonyl (C=O) groups is 3. The summed E-state index contributed by atoms with van der Waals surface area (Å²) in [6, 6.07) is 12.0. The molecule has 2 aromatic carbocycles. The Balaban J connectivity index is 1.28. The van der Waals surface area contributed by atoms with Crippen LogP contribution in [0.5, 0.6) is 0 Å². The van der Waals surface area contributed by atoms with Gasteiger partial charge in [-0.15, -0.1) is 0 Å². The summed E-state index contributed by atoms with van der Waals surface area (Å²) in [6.45, 7) is 1.89. The molecule has 2 aromatic rings. The number of hydrogen-bond acceptors (Lipinski definition) is 3. The maximum Gasteiger partial charge on any atom is 0.255 e. The average molecular weight is 433 g/mol. The molecule has 0 aromatic heterocycles. The highest BCUT2D eigenvalue weighted by atomic mass is 35.5. The van der Waals surface area contributed by atoms with E-state index in [0.29, 0.717) is 33.8 Å². The van der Waals surface area contributed by atoms with Crippen molar-refractivity contribution >= 4 is 40.7 Å². The van der Waals surface area contributed by atoms with Gasteiger partial charge < -0.3 is 5.32 Å². The lowest BCUT2D eigenvalue weighted by molar-refractivity contribution is -0.124.